The van der Waals surface area contributed by atoms with Gasteiger partial charge in [-0.2, -0.15) is 5.10 Å². The van der Waals surface area contributed by atoms with Gasteiger partial charge in [-0.3, -0.25) is 10.00 Å². The lowest BCUT2D eigenvalue weighted by Gasteiger charge is -2.35. The van der Waals surface area contributed by atoms with Crippen molar-refractivity contribution in [3.05, 3.63) is 47.0 Å². The second-order valence-electron chi connectivity index (χ2n) is 6.95. The van der Waals surface area contributed by atoms with Gasteiger partial charge in [0, 0.05) is 26.2 Å². The van der Waals surface area contributed by atoms with Gasteiger partial charge >= 0.3 is 6.03 Å². The van der Waals surface area contributed by atoms with Crippen LogP contribution in [0.4, 0.5) is 4.79 Å². The second kappa shape index (κ2) is 8.31. The van der Waals surface area contributed by atoms with Crippen molar-refractivity contribution >= 4 is 6.03 Å². The van der Waals surface area contributed by atoms with E-state index < -0.39 is 0 Å². The number of piperazine rings is 1. The largest absolute Gasteiger partial charge is 0.331 e. The highest BCUT2D eigenvalue weighted by Gasteiger charge is 2.23. The van der Waals surface area contributed by atoms with Crippen molar-refractivity contribution < 1.29 is 4.79 Å². The highest BCUT2D eigenvalue weighted by atomic mass is 16.2. The van der Waals surface area contributed by atoms with E-state index in [-0.39, 0.29) is 12.1 Å². The van der Waals surface area contributed by atoms with E-state index in [0.717, 1.165) is 45.0 Å². The summed E-state index contributed by atoms with van der Waals surface area (Å²) in [6.45, 7) is 10.2. The first-order chi connectivity index (χ1) is 12.6. The molecule has 1 aliphatic heterocycles. The maximum atomic E-state index is 12.7. The zero-order chi connectivity index (χ0) is 18.5. The van der Waals surface area contributed by atoms with E-state index in [4.69, 9.17) is 0 Å². The van der Waals surface area contributed by atoms with E-state index in [1.807, 2.05) is 4.90 Å². The molecule has 7 nitrogen and oxygen atoms in total. The third-order valence-corrected chi connectivity index (χ3v) is 5.14. The number of benzene rings is 1. The molecule has 1 aliphatic rings. The molecule has 1 atom stereocenters. The molecule has 0 radical (unpaired) electrons. The lowest BCUT2D eigenvalue weighted by molar-refractivity contribution is 0.131. The maximum Gasteiger partial charge on any atom is 0.317 e. The van der Waals surface area contributed by atoms with E-state index in [2.05, 4.69) is 64.4 Å². The first-order valence-corrected chi connectivity index (χ1v) is 9.26. The average molecular weight is 356 g/mol. The fourth-order valence-electron chi connectivity index (χ4n) is 3.27. The molecule has 1 unspecified atom stereocenters. The lowest BCUT2D eigenvalue weighted by Crippen LogP contribution is -2.52. The summed E-state index contributed by atoms with van der Waals surface area (Å²) in [6.07, 6.45) is 2.40. The summed E-state index contributed by atoms with van der Waals surface area (Å²) in [7, 11) is 0. The number of rotatable bonds is 5. The van der Waals surface area contributed by atoms with Crippen LogP contribution in [-0.2, 0) is 6.54 Å². The van der Waals surface area contributed by atoms with Crippen molar-refractivity contribution in [2.75, 3.05) is 26.2 Å². The highest BCUT2D eigenvalue weighted by Crippen LogP contribution is 2.20. The number of carbonyl (C=O) groups excluding carboxylic acids is 1. The predicted octanol–water partition coefficient (Wildman–Crippen LogP) is 2.40. The topological polar surface area (TPSA) is 77.2 Å². The Morgan fingerprint density at radius 1 is 1.23 bits per heavy atom. The van der Waals surface area contributed by atoms with Crippen molar-refractivity contribution in [3.8, 4) is 0 Å². The van der Waals surface area contributed by atoms with Gasteiger partial charge in [0.15, 0.2) is 0 Å². The van der Waals surface area contributed by atoms with E-state index >= 15 is 0 Å². The molecular formula is C19H28N6O. The van der Waals surface area contributed by atoms with E-state index in [0.29, 0.717) is 0 Å². The molecule has 140 valence electrons. The molecule has 1 saturated heterocycles. The zero-order valence-corrected chi connectivity index (χ0v) is 15.8. The number of H-pyrrole nitrogens is 1. The number of nitrogens with zero attached hydrogens (tertiary/aromatic N) is 4. The Bertz CT molecular complexity index is 722. The molecule has 7 heteroatoms. The Balaban J connectivity index is 1.53. The molecule has 0 aliphatic carbocycles. The fourth-order valence-corrected chi connectivity index (χ4v) is 3.27. The van der Waals surface area contributed by atoms with E-state index in [9.17, 15) is 4.79 Å². The van der Waals surface area contributed by atoms with Gasteiger partial charge in [-0.1, -0.05) is 25.1 Å². The van der Waals surface area contributed by atoms with Crippen LogP contribution >= 0.6 is 0 Å². The van der Waals surface area contributed by atoms with Crippen LogP contribution in [0.25, 0.3) is 0 Å². The molecule has 26 heavy (non-hydrogen) atoms. The Hall–Kier alpha value is -2.41. The van der Waals surface area contributed by atoms with Crippen LogP contribution in [0.15, 0.2) is 24.5 Å². The maximum absolute atomic E-state index is 12.7. The number of hydrogen-bond donors (Lipinski definition) is 2. The number of aromatic amines is 1. The van der Waals surface area contributed by atoms with Crippen molar-refractivity contribution in [2.45, 2.75) is 39.8 Å². The molecule has 2 N–H and O–H groups in total. The van der Waals surface area contributed by atoms with Crippen LogP contribution < -0.4 is 5.32 Å². The average Bonchev–Trinajstić information content (AvgIpc) is 3.15. The third kappa shape index (κ3) is 4.40. The lowest BCUT2D eigenvalue weighted by atomic mass is 9.99. The number of amides is 2. The van der Waals surface area contributed by atoms with E-state index in [1.165, 1.54) is 23.0 Å². The Morgan fingerprint density at radius 2 is 2.00 bits per heavy atom. The van der Waals surface area contributed by atoms with Gasteiger partial charge in [0.2, 0.25) is 0 Å². The zero-order valence-electron chi connectivity index (χ0n) is 15.8. The second-order valence-corrected chi connectivity index (χ2v) is 6.95. The molecule has 1 aromatic heterocycles. The normalized spacial score (nSPS) is 16.5. The molecule has 3 rings (SSSR count). The van der Waals surface area contributed by atoms with Gasteiger partial charge in [0.25, 0.3) is 0 Å². The fraction of sp³-hybridized carbons (Fsp3) is 0.526. The number of urea groups is 1. The van der Waals surface area contributed by atoms with Crippen LogP contribution in [0.3, 0.4) is 0 Å². The Kier molecular flexibility index (Phi) is 5.88. The molecule has 0 saturated carbocycles. The number of nitrogens with one attached hydrogen (secondary N) is 2. The molecule has 2 aromatic rings. The molecular weight excluding hydrogens is 328 g/mol. The molecule has 2 heterocycles. The van der Waals surface area contributed by atoms with Gasteiger partial charge in [0.1, 0.15) is 12.2 Å². The van der Waals surface area contributed by atoms with E-state index in [1.54, 1.807) is 0 Å². The minimum atomic E-state index is 0.0226. The van der Waals surface area contributed by atoms with Crippen molar-refractivity contribution in [2.24, 2.45) is 0 Å². The van der Waals surface area contributed by atoms with Crippen LogP contribution in [0.5, 0.6) is 0 Å². The van der Waals surface area contributed by atoms with Crippen LogP contribution in [0.1, 0.15) is 41.9 Å². The number of carbonyl (C=O) groups is 1. The van der Waals surface area contributed by atoms with Gasteiger partial charge in [0.05, 0.1) is 12.6 Å². The Morgan fingerprint density at radius 3 is 2.62 bits per heavy atom. The minimum absolute atomic E-state index is 0.0226. The molecule has 1 fully saturated rings. The number of hydrogen-bond acceptors (Lipinski definition) is 4. The third-order valence-electron chi connectivity index (χ3n) is 5.14. The highest BCUT2D eigenvalue weighted by molar-refractivity contribution is 5.75. The van der Waals surface area contributed by atoms with Crippen LogP contribution in [0.2, 0.25) is 0 Å². The monoisotopic (exact) mass is 356 g/mol. The van der Waals surface area contributed by atoms with Crippen molar-refractivity contribution in [3.63, 3.8) is 0 Å². The quantitative estimate of drug-likeness (QED) is 0.862. The summed E-state index contributed by atoms with van der Waals surface area (Å²) in [5.74, 6) is 0.865. The smallest absolute Gasteiger partial charge is 0.317 e. The van der Waals surface area contributed by atoms with Gasteiger partial charge in [-0.05, 0) is 37.0 Å². The molecule has 0 spiro atoms. The van der Waals surface area contributed by atoms with Crippen LogP contribution in [0, 0.1) is 13.8 Å². The first-order valence-electron chi connectivity index (χ1n) is 9.26. The summed E-state index contributed by atoms with van der Waals surface area (Å²) in [5, 5.41) is 9.96. The van der Waals surface area contributed by atoms with Crippen LogP contribution in [-0.4, -0.2) is 57.2 Å². The number of aromatic nitrogens is 3. The standard InChI is InChI=1S/C19H28N6O/c1-4-17(16-6-5-14(2)15(3)11-16)22-19(26)25-9-7-24(8-10-25)12-18-20-13-21-23-18/h5-6,11,13,17H,4,7-10,12H2,1-3H3,(H,22,26)(H,20,21,23). The molecule has 1 aromatic carbocycles. The summed E-state index contributed by atoms with van der Waals surface area (Å²) in [4.78, 5) is 21.0. The van der Waals surface area contributed by atoms with Crippen molar-refractivity contribution in [1.82, 2.24) is 30.3 Å². The Labute approximate surface area is 154 Å². The minimum Gasteiger partial charge on any atom is -0.331 e. The number of aryl methyl sites for hydroxylation is 2. The van der Waals surface area contributed by atoms with Gasteiger partial charge in [-0.25, -0.2) is 9.78 Å². The summed E-state index contributed by atoms with van der Waals surface area (Å²) in [6, 6.07) is 6.50. The van der Waals surface area contributed by atoms with Gasteiger partial charge in [-0.15, -0.1) is 0 Å². The predicted molar refractivity (Wildman–Crippen MR) is 101 cm³/mol. The first kappa shape index (κ1) is 18.4. The molecule has 0 bridgehead atoms. The summed E-state index contributed by atoms with van der Waals surface area (Å²) in [5.41, 5.74) is 3.71. The summed E-state index contributed by atoms with van der Waals surface area (Å²) >= 11 is 0. The summed E-state index contributed by atoms with van der Waals surface area (Å²) < 4.78 is 0. The van der Waals surface area contributed by atoms with Gasteiger partial charge < -0.3 is 10.2 Å². The SMILES string of the molecule is CCC(NC(=O)N1CCN(Cc2ncn[nH]2)CC1)c1ccc(C)c(C)c1. The molecule has 2 amide bonds. The van der Waals surface area contributed by atoms with Crippen molar-refractivity contribution in [1.29, 1.82) is 0 Å².